The van der Waals surface area contributed by atoms with Gasteiger partial charge in [0, 0.05) is 0 Å². The van der Waals surface area contributed by atoms with Gasteiger partial charge in [0.2, 0.25) is 0 Å². The molecule has 1 nitrogen and oxygen atoms in total. The van der Waals surface area contributed by atoms with Crippen molar-refractivity contribution < 1.29 is 4.39 Å². The average Bonchev–Trinajstić information content (AvgIpc) is 2.52. The molecule has 0 aromatic heterocycles. The molecule has 0 saturated heterocycles. The van der Waals surface area contributed by atoms with Crippen LogP contribution in [-0.4, -0.2) is 6.54 Å². The summed E-state index contributed by atoms with van der Waals surface area (Å²) in [6.45, 7) is 5.17. The van der Waals surface area contributed by atoms with E-state index in [0.717, 1.165) is 30.5 Å². The molecule has 0 fully saturated rings. The summed E-state index contributed by atoms with van der Waals surface area (Å²) in [4.78, 5) is 0. The van der Waals surface area contributed by atoms with E-state index in [0.29, 0.717) is 4.47 Å². The van der Waals surface area contributed by atoms with Gasteiger partial charge in [0.25, 0.3) is 0 Å². The van der Waals surface area contributed by atoms with Crippen LogP contribution in [0.25, 0.3) is 0 Å². The van der Waals surface area contributed by atoms with E-state index in [1.165, 1.54) is 11.6 Å². The monoisotopic (exact) mass is 349 g/mol. The highest BCUT2D eigenvalue weighted by Gasteiger charge is 2.17. The zero-order chi connectivity index (χ0) is 15.2. The maximum absolute atomic E-state index is 13.8. The van der Waals surface area contributed by atoms with Crippen LogP contribution in [0, 0.1) is 5.82 Å². The number of hydrogen-bond acceptors (Lipinski definition) is 1. The van der Waals surface area contributed by atoms with Crippen LogP contribution >= 0.6 is 15.9 Å². The number of aryl methyl sites for hydroxylation is 1. The third-order valence-corrected chi connectivity index (χ3v) is 4.45. The maximum Gasteiger partial charge on any atom is 0.137 e. The highest BCUT2D eigenvalue weighted by molar-refractivity contribution is 9.10. The number of nitrogens with one attached hydrogen (secondary N) is 1. The lowest BCUT2D eigenvalue weighted by atomic mass is 9.97. The topological polar surface area (TPSA) is 12.0 Å². The molecular weight excluding hydrogens is 329 g/mol. The van der Waals surface area contributed by atoms with Crippen molar-refractivity contribution in [3.63, 3.8) is 0 Å². The Hall–Kier alpha value is -1.19. The van der Waals surface area contributed by atoms with Crippen LogP contribution < -0.4 is 5.32 Å². The quantitative estimate of drug-likeness (QED) is 0.751. The fourth-order valence-corrected chi connectivity index (χ4v) is 2.88. The Balaban J connectivity index is 2.39. The van der Waals surface area contributed by atoms with E-state index in [1.54, 1.807) is 6.07 Å². The van der Waals surface area contributed by atoms with Gasteiger partial charge >= 0.3 is 0 Å². The molecule has 21 heavy (non-hydrogen) atoms. The Labute approximate surface area is 134 Å². The van der Waals surface area contributed by atoms with Crippen LogP contribution in [0.2, 0.25) is 0 Å². The number of benzene rings is 2. The Bertz CT molecular complexity index is 580. The second kappa shape index (κ2) is 7.71. The van der Waals surface area contributed by atoms with Crippen molar-refractivity contribution in [2.24, 2.45) is 0 Å². The normalized spacial score (nSPS) is 12.4. The van der Waals surface area contributed by atoms with Crippen LogP contribution in [0.3, 0.4) is 0 Å². The molecule has 0 aliphatic rings. The predicted molar refractivity (Wildman–Crippen MR) is 90.1 cm³/mol. The largest absolute Gasteiger partial charge is 0.306 e. The Morgan fingerprint density at radius 3 is 2.43 bits per heavy atom. The van der Waals surface area contributed by atoms with Gasteiger partial charge in [0.15, 0.2) is 0 Å². The van der Waals surface area contributed by atoms with E-state index in [2.05, 4.69) is 59.4 Å². The van der Waals surface area contributed by atoms with Gasteiger partial charge in [0.1, 0.15) is 5.82 Å². The molecule has 0 aliphatic heterocycles. The number of halogens is 2. The van der Waals surface area contributed by atoms with Gasteiger partial charge in [-0.15, -0.1) is 0 Å². The first kappa shape index (κ1) is 16.2. The van der Waals surface area contributed by atoms with E-state index in [-0.39, 0.29) is 11.9 Å². The maximum atomic E-state index is 13.8. The molecule has 1 N–H and O–H groups in total. The summed E-state index contributed by atoms with van der Waals surface area (Å²) >= 11 is 3.38. The van der Waals surface area contributed by atoms with Crippen LogP contribution in [0.4, 0.5) is 4.39 Å². The van der Waals surface area contributed by atoms with Crippen molar-refractivity contribution in [3.8, 4) is 0 Å². The second-order valence-electron chi connectivity index (χ2n) is 5.13. The first-order chi connectivity index (χ1) is 10.2. The summed E-state index contributed by atoms with van der Waals surface area (Å²) in [5.41, 5.74) is 3.41. The predicted octanol–water partition coefficient (Wildman–Crippen LogP) is 5.24. The van der Waals surface area contributed by atoms with Crippen molar-refractivity contribution in [1.82, 2.24) is 5.32 Å². The first-order valence-electron chi connectivity index (χ1n) is 7.43. The van der Waals surface area contributed by atoms with Crippen LogP contribution in [0.15, 0.2) is 46.9 Å². The smallest absolute Gasteiger partial charge is 0.137 e. The summed E-state index contributed by atoms with van der Waals surface area (Å²) in [6, 6.07) is 13.7. The Kier molecular flexibility index (Phi) is 5.95. The summed E-state index contributed by atoms with van der Waals surface area (Å²) in [7, 11) is 0. The van der Waals surface area contributed by atoms with Crippen molar-refractivity contribution in [1.29, 1.82) is 0 Å². The van der Waals surface area contributed by atoms with Crippen LogP contribution in [0.1, 0.15) is 43.0 Å². The molecule has 0 saturated carbocycles. The molecule has 2 aromatic carbocycles. The highest BCUT2D eigenvalue weighted by Crippen LogP contribution is 2.30. The lowest BCUT2D eigenvalue weighted by Gasteiger charge is -2.21. The third kappa shape index (κ3) is 3.92. The zero-order valence-corrected chi connectivity index (χ0v) is 14.1. The van der Waals surface area contributed by atoms with Crippen LogP contribution in [0.5, 0.6) is 0 Å². The zero-order valence-electron chi connectivity index (χ0n) is 12.5. The third-order valence-electron chi connectivity index (χ3n) is 3.61. The first-order valence-corrected chi connectivity index (χ1v) is 8.22. The molecule has 112 valence electrons. The van der Waals surface area contributed by atoms with Crippen molar-refractivity contribution in [2.75, 3.05) is 6.54 Å². The molecule has 2 aromatic rings. The van der Waals surface area contributed by atoms with E-state index in [1.807, 2.05) is 6.07 Å². The van der Waals surface area contributed by atoms with Gasteiger partial charge in [0.05, 0.1) is 10.5 Å². The molecule has 0 spiro atoms. The highest BCUT2D eigenvalue weighted by atomic mass is 79.9. The number of hydrogen-bond donors (Lipinski definition) is 1. The summed E-state index contributed by atoms with van der Waals surface area (Å²) < 4.78 is 14.4. The molecule has 3 heteroatoms. The molecule has 0 radical (unpaired) electrons. The fraction of sp³-hybridized carbons (Fsp3) is 0.333. The lowest BCUT2D eigenvalue weighted by molar-refractivity contribution is 0.580. The van der Waals surface area contributed by atoms with E-state index in [9.17, 15) is 4.39 Å². The molecule has 0 heterocycles. The second-order valence-corrected chi connectivity index (χ2v) is 5.92. The average molecular weight is 350 g/mol. The Morgan fingerprint density at radius 2 is 1.81 bits per heavy atom. The molecule has 0 aliphatic carbocycles. The Morgan fingerprint density at radius 1 is 1.10 bits per heavy atom. The van der Waals surface area contributed by atoms with E-state index < -0.39 is 0 Å². The molecule has 1 atom stereocenters. The van der Waals surface area contributed by atoms with Crippen molar-refractivity contribution >= 4 is 15.9 Å². The fourth-order valence-electron chi connectivity index (χ4n) is 2.39. The minimum absolute atomic E-state index is 0.000862. The summed E-state index contributed by atoms with van der Waals surface area (Å²) in [5, 5.41) is 3.51. The van der Waals surface area contributed by atoms with Crippen molar-refractivity contribution in [3.05, 3.63) is 69.4 Å². The van der Waals surface area contributed by atoms with Gasteiger partial charge in [-0.25, -0.2) is 4.39 Å². The summed E-state index contributed by atoms with van der Waals surface area (Å²) in [5.74, 6) is -0.221. The van der Waals surface area contributed by atoms with Gasteiger partial charge in [-0.2, -0.15) is 0 Å². The lowest BCUT2D eigenvalue weighted by Crippen LogP contribution is -2.23. The molecular formula is C18H21BrFN. The molecule has 2 rings (SSSR count). The van der Waals surface area contributed by atoms with Gasteiger partial charge in [-0.1, -0.05) is 50.2 Å². The van der Waals surface area contributed by atoms with Crippen LogP contribution in [-0.2, 0) is 6.42 Å². The minimum atomic E-state index is -0.221. The number of rotatable bonds is 6. The minimum Gasteiger partial charge on any atom is -0.306 e. The van der Waals surface area contributed by atoms with Gasteiger partial charge in [-0.05, 0) is 58.1 Å². The van der Waals surface area contributed by atoms with Gasteiger partial charge in [-0.3, -0.25) is 0 Å². The standard InChI is InChI=1S/C18H21BrFN/c1-3-12-21-18(14-10-8-13(4-2)9-11-14)15-6-5-7-16(20)17(15)19/h5-11,18,21H,3-4,12H2,1-2H3. The SMILES string of the molecule is CCCNC(c1ccc(CC)cc1)c1cccc(F)c1Br. The molecule has 1 unspecified atom stereocenters. The summed E-state index contributed by atoms with van der Waals surface area (Å²) in [6.07, 6.45) is 2.06. The van der Waals surface area contributed by atoms with E-state index >= 15 is 0 Å². The van der Waals surface area contributed by atoms with Gasteiger partial charge < -0.3 is 5.32 Å². The van der Waals surface area contributed by atoms with E-state index in [4.69, 9.17) is 0 Å². The van der Waals surface area contributed by atoms with Crippen molar-refractivity contribution in [2.45, 2.75) is 32.7 Å². The molecule has 0 bridgehead atoms. The molecule has 0 amide bonds.